The molecule has 0 unspecified atom stereocenters. The van der Waals surface area contributed by atoms with Gasteiger partial charge in [-0.15, -0.1) is 0 Å². The van der Waals surface area contributed by atoms with E-state index < -0.39 is 0 Å². The molecule has 0 saturated carbocycles. The summed E-state index contributed by atoms with van der Waals surface area (Å²) >= 11 is 0. The van der Waals surface area contributed by atoms with Crippen molar-refractivity contribution in [2.24, 2.45) is 5.41 Å². The maximum Gasteiger partial charge on any atom is 0.00107 e. The maximum atomic E-state index is 2.22. The summed E-state index contributed by atoms with van der Waals surface area (Å²) in [5.41, 5.74) is 1.55. The van der Waals surface area contributed by atoms with Gasteiger partial charge in [-0.3, -0.25) is 0 Å². The van der Waals surface area contributed by atoms with Gasteiger partial charge >= 0.3 is 0 Å². The maximum absolute atomic E-state index is 2.22. The van der Waals surface area contributed by atoms with Crippen LogP contribution in [-0.2, 0) is 0 Å². The average Bonchev–Trinajstić information content (AvgIpc) is 1.94. The average molecular weight is 134 g/mol. The highest BCUT2D eigenvalue weighted by molar-refractivity contribution is 5.29. The summed E-state index contributed by atoms with van der Waals surface area (Å²) in [5.74, 6) is 0. The van der Waals surface area contributed by atoms with Crippen molar-refractivity contribution in [2.45, 2.75) is 20.8 Å². The van der Waals surface area contributed by atoms with Gasteiger partial charge in [0.15, 0.2) is 0 Å². The van der Waals surface area contributed by atoms with E-state index in [2.05, 4.69) is 51.2 Å². The van der Waals surface area contributed by atoms with Gasteiger partial charge in [0.05, 0.1) is 0 Å². The Morgan fingerprint density at radius 3 is 2.60 bits per heavy atom. The first kappa shape index (κ1) is 7.33. The van der Waals surface area contributed by atoms with Gasteiger partial charge < -0.3 is 0 Å². The zero-order valence-corrected chi connectivity index (χ0v) is 6.89. The Hall–Kier alpha value is -0.780. The zero-order chi connectivity index (χ0) is 7.61. The van der Waals surface area contributed by atoms with Crippen molar-refractivity contribution in [3.8, 4) is 0 Å². The van der Waals surface area contributed by atoms with Gasteiger partial charge in [-0.05, 0) is 6.92 Å². The molecular weight excluding hydrogens is 120 g/mol. The highest BCUT2D eigenvalue weighted by atomic mass is 14.1. The number of hydrogen-bond acceptors (Lipinski definition) is 0. The molecule has 0 atom stereocenters. The summed E-state index contributed by atoms with van der Waals surface area (Å²) in [6.45, 7) is 6.52. The molecule has 1 aliphatic carbocycles. The summed E-state index contributed by atoms with van der Waals surface area (Å²) in [5, 5.41) is 0. The molecule has 0 fully saturated rings. The smallest absolute Gasteiger partial charge is 0.00107 e. The largest absolute Gasteiger partial charge is 0.0751 e. The molecule has 0 N–H and O–H groups in total. The van der Waals surface area contributed by atoms with E-state index in [9.17, 15) is 0 Å². The highest BCUT2D eigenvalue weighted by Crippen LogP contribution is 2.22. The van der Waals surface area contributed by atoms with E-state index in [-0.39, 0.29) is 5.41 Å². The fourth-order valence-corrected chi connectivity index (χ4v) is 0.905. The number of allylic oxidation sites excluding steroid dienone is 6. The first-order chi connectivity index (χ1) is 4.60. The van der Waals surface area contributed by atoms with Gasteiger partial charge in [0.1, 0.15) is 0 Å². The monoisotopic (exact) mass is 134 g/mol. The Bertz CT molecular complexity index is 202. The molecule has 0 nitrogen and oxygen atoms in total. The molecule has 0 spiro atoms. The summed E-state index contributed by atoms with van der Waals surface area (Å²) in [6.07, 6.45) is 10.9. The minimum absolute atomic E-state index is 0.230. The Labute approximate surface area is 62.9 Å². The van der Waals surface area contributed by atoms with Crippen molar-refractivity contribution < 1.29 is 0 Å². The van der Waals surface area contributed by atoms with Crippen molar-refractivity contribution in [1.82, 2.24) is 0 Å². The van der Waals surface area contributed by atoms with E-state index in [1.54, 1.807) is 0 Å². The van der Waals surface area contributed by atoms with Crippen LogP contribution in [0.3, 0.4) is 0 Å². The van der Waals surface area contributed by atoms with E-state index in [1.165, 1.54) is 5.57 Å². The molecular formula is C10H14. The highest BCUT2D eigenvalue weighted by Gasteiger charge is 2.08. The van der Waals surface area contributed by atoms with Crippen LogP contribution in [0.1, 0.15) is 20.8 Å². The summed E-state index contributed by atoms with van der Waals surface area (Å²) in [6, 6.07) is 0. The number of rotatable bonds is 0. The molecule has 0 radical (unpaired) electrons. The van der Waals surface area contributed by atoms with Gasteiger partial charge in [-0.25, -0.2) is 0 Å². The van der Waals surface area contributed by atoms with Crippen molar-refractivity contribution >= 4 is 0 Å². The van der Waals surface area contributed by atoms with Crippen molar-refractivity contribution in [3.63, 3.8) is 0 Å². The third-order valence-corrected chi connectivity index (χ3v) is 1.66. The summed E-state index contributed by atoms with van der Waals surface area (Å²) in [4.78, 5) is 0. The Morgan fingerprint density at radius 1 is 1.20 bits per heavy atom. The standard InChI is InChI=1S/C10H14/c1-9-5-4-7-10(2,3)8-6-9/h4-8H,1-3H3. The van der Waals surface area contributed by atoms with Gasteiger partial charge in [0, 0.05) is 5.41 Å². The molecule has 10 heavy (non-hydrogen) atoms. The fraction of sp³-hybridized carbons (Fsp3) is 0.400. The lowest BCUT2D eigenvalue weighted by Crippen LogP contribution is -2.00. The lowest BCUT2D eigenvalue weighted by atomic mass is 9.93. The topological polar surface area (TPSA) is 0 Å². The predicted molar refractivity (Wildman–Crippen MR) is 45.8 cm³/mol. The SMILES string of the molecule is CC1=CC=CC(C)(C)C=C1. The molecule has 0 heterocycles. The van der Waals surface area contributed by atoms with Crippen molar-refractivity contribution in [1.29, 1.82) is 0 Å². The summed E-state index contributed by atoms with van der Waals surface area (Å²) < 4.78 is 0. The second-order valence-corrected chi connectivity index (χ2v) is 3.42. The van der Waals surface area contributed by atoms with Crippen molar-refractivity contribution in [3.05, 3.63) is 36.0 Å². The lowest BCUT2D eigenvalue weighted by Gasteiger charge is -2.12. The van der Waals surface area contributed by atoms with Gasteiger partial charge in [0.2, 0.25) is 0 Å². The minimum atomic E-state index is 0.230. The first-order valence-electron chi connectivity index (χ1n) is 3.65. The van der Waals surface area contributed by atoms with Crippen LogP contribution in [0.25, 0.3) is 0 Å². The van der Waals surface area contributed by atoms with Crippen LogP contribution < -0.4 is 0 Å². The number of hydrogen-bond donors (Lipinski definition) is 0. The molecule has 1 aliphatic rings. The molecule has 0 aromatic carbocycles. The quantitative estimate of drug-likeness (QED) is 0.477. The van der Waals surface area contributed by atoms with Gasteiger partial charge in [0.25, 0.3) is 0 Å². The van der Waals surface area contributed by atoms with Gasteiger partial charge in [-0.1, -0.05) is 49.8 Å². The minimum Gasteiger partial charge on any atom is -0.0751 e. The van der Waals surface area contributed by atoms with Crippen LogP contribution >= 0.6 is 0 Å². The fourth-order valence-electron chi connectivity index (χ4n) is 0.905. The second-order valence-electron chi connectivity index (χ2n) is 3.42. The Balaban J connectivity index is 2.88. The van der Waals surface area contributed by atoms with Crippen LogP contribution in [0.5, 0.6) is 0 Å². The summed E-state index contributed by atoms with van der Waals surface area (Å²) in [7, 11) is 0. The molecule has 0 bridgehead atoms. The molecule has 0 aromatic rings. The molecule has 54 valence electrons. The molecule has 1 rings (SSSR count). The third kappa shape index (κ3) is 1.87. The Kier molecular flexibility index (Phi) is 1.80. The molecule has 0 heteroatoms. The van der Waals surface area contributed by atoms with E-state index in [1.807, 2.05) is 0 Å². The Morgan fingerprint density at radius 2 is 1.90 bits per heavy atom. The molecule has 0 aromatic heterocycles. The van der Waals surface area contributed by atoms with E-state index >= 15 is 0 Å². The van der Waals surface area contributed by atoms with Crippen LogP contribution in [0, 0.1) is 5.41 Å². The zero-order valence-electron chi connectivity index (χ0n) is 6.89. The van der Waals surface area contributed by atoms with E-state index in [0.29, 0.717) is 0 Å². The first-order valence-corrected chi connectivity index (χ1v) is 3.65. The molecule has 0 amide bonds. The van der Waals surface area contributed by atoms with E-state index in [4.69, 9.17) is 0 Å². The van der Waals surface area contributed by atoms with Gasteiger partial charge in [-0.2, -0.15) is 0 Å². The normalized spacial score (nSPS) is 22.1. The van der Waals surface area contributed by atoms with Crippen LogP contribution in [0.15, 0.2) is 36.0 Å². The molecule has 0 aliphatic heterocycles. The second kappa shape index (κ2) is 2.45. The van der Waals surface area contributed by atoms with Crippen molar-refractivity contribution in [2.75, 3.05) is 0 Å². The van der Waals surface area contributed by atoms with Crippen LogP contribution in [0.4, 0.5) is 0 Å². The molecule has 0 saturated heterocycles. The third-order valence-electron chi connectivity index (χ3n) is 1.66. The predicted octanol–water partition coefficient (Wildman–Crippen LogP) is 3.08. The lowest BCUT2D eigenvalue weighted by molar-refractivity contribution is 0.627. The van der Waals surface area contributed by atoms with Crippen LogP contribution in [0.2, 0.25) is 0 Å². The van der Waals surface area contributed by atoms with E-state index in [0.717, 1.165) is 0 Å². The van der Waals surface area contributed by atoms with Crippen LogP contribution in [-0.4, -0.2) is 0 Å².